The summed E-state index contributed by atoms with van der Waals surface area (Å²) in [5, 5.41) is 11.9. The molecule has 1 fully saturated rings. The monoisotopic (exact) mass is 485 g/mol. The fraction of sp³-hybridized carbons (Fsp3) is 0.333. The zero-order chi connectivity index (χ0) is 25.1. The molecular formula is C30H31NO5. The van der Waals surface area contributed by atoms with Crippen LogP contribution in [0.25, 0.3) is 22.2 Å². The number of benzene rings is 3. The lowest BCUT2D eigenvalue weighted by Crippen LogP contribution is -2.28. The van der Waals surface area contributed by atoms with E-state index in [0.29, 0.717) is 23.6 Å². The number of fused-ring (bicyclic) bond motifs is 1. The Balaban J connectivity index is 1.19. The molecule has 0 spiro atoms. The van der Waals surface area contributed by atoms with E-state index in [2.05, 4.69) is 24.3 Å². The number of ether oxygens (including phenoxy) is 2. The number of carbonyl (C=O) groups is 1. The maximum absolute atomic E-state index is 11.7. The van der Waals surface area contributed by atoms with E-state index >= 15 is 0 Å². The summed E-state index contributed by atoms with van der Waals surface area (Å²) in [6.45, 7) is 4.42. The number of nitrogens with zero attached hydrogens (tertiary/aromatic N) is 1. The number of aryl methyl sites for hydroxylation is 2. The molecule has 5 rings (SSSR count). The number of aromatic carboxylic acids is 1. The summed E-state index contributed by atoms with van der Waals surface area (Å²) in [5.74, 6) is 0.458. The first-order chi connectivity index (χ1) is 17.5. The summed E-state index contributed by atoms with van der Waals surface area (Å²) in [5.41, 5.74) is 3.56. The standard InChI is InChI=1S/C30H31NO5/c1-19-7-5-10-24(28(19)30(32)33)17-34-25-11-6-12-26(16-25)35-18-27-20(2)36-29(31-27)23-14-13-21-8-3-4-9-22(21)15-23/h3-5,7-10,13-15,25-26H,6,11-12,16-18H2,1-2H3,(H,32,33)/t25-,26+/m1/s1. The average molecular weight is 486 g/mol. The number of hydrogen-bond acceptors (Lipinski definition) is 5. The van der Waals surface area contributed by atoms with Gasteiger partial charge in [-0.1, -0.05) is 48.5 Å². The van der Waals surface area contributed by atoms with Crippen molar-refractivity contribution < 1.29 is 23.8 Å². The summed E-state index contributed by atoms with van der Waals surface area (Å²) >= 11 is 0. The van der Waals surface area contributed by atoms with Crippen molar-refractivity contribution in [3.05, 3.63) is 88.8 Å². The molecule has 1 aromatic heterocycles. The molecule has 6 nitrogen and oxygen atoms in total. The number of rotatable bonds is 8. The first-order valence-corrected chi connectivity index (χ1v) is 12.5. The van der Waals surface area contributed by atoms with Gasteiger partial charge in [0.25, 0.3) is 0 Å². The van der Waals surface area contributed by atoms with E-state index in [-0.39, 0.29) is 18.8 Å². The van der Waals surface area contributed by atoms with Crippen LogP contribution in [0.2, 0.25) is 0 Å². The number of hydrogen-bond donors (Lipinski definition) is 1. The predicted octanol–water partition coefficient (Wildman–Crippen LogP) is 6.85. The highest BCUT2D eigenvalue weighted by molar-refractivity contribution is 5.91. The molecule has 1 saturated carbocycles. The fourth-order valence-electron chi connectivity index (χ4n) is 4.97. The van der Waals surface area contributed by atoms with Crippen molar-refractivity contribution in [1.29, 1.82) is 0 Å². The van der Waals surface area contributed by atoms with Gasteiger partial charge >= 0.3 is 5.97 Å². The quantitative estimate of drug-likeness (QED) is 0.294. The van der Waals surface area contributed by atoms with Gasteiger partial charge in [-0.2, -0.15) is 0 Å². The van der Waals surface area contributed by atoms with Gasteiger partial charge < -0.3 is 19.0 Å². The third-order valence-electron chi connectivity index (χ3n) is 6.97. The number of oxazole rings is 1. The van der Waals surface area contributed by atoms with E-state index in [0.717, 1.165) is 53.7 Å². The van der Waals surface area contributed by atoms with Crippen molar-refractivity contribution in [2.24, 2.45) is 0 Å². The van der Waals surface area contributed by atoms with Crippen LogP contribution in [0, 0.1) is 13.8 Å². The van der Waals surface area contributed by atoms with Crippen molar-refractivity contribution in [3.63, 3.8) is 0 Å². The Morgan fingerprint density at radius 3 is 2.50 bits per heavy atom. The lowest BCUT2D eigenvalue weighted by molar-refractivity contribution is -0.0564. The number of aromatic nitrogens is 1. The maximum atomic E-state index is 11.7. The Bertz CT molecular complexity index is 1380. The molecule has 186 valence electrons. The topological polar surface area (TPSA) is 81.8 Å². The minimum Gasteiger partial charge on any atom is -0.478 e. The molecule has 1 aliphatic rings. The smallest absolute Gasteiger partial charge is 0.336 e. The Morgan fingerprint density at radius 1 is 0.972 bits per heavy atom. The predicted molar refractivity (Wildman–Crippen MR) is 138 cm³/mol. The first-order valence-electron chi connectivity index (χ1n) is 12.5. The van der Waals surface area contributed by atoms with Gasteiger partial charge in [0, 0.05) is 5.56 Å². The van der Waals surface area contributed by atoms with Gasteiger partial charge in [-0.25, -0.2) is 9.78 Å². The van der Waals surface area contributed by atoms with Crippen molar-refractivity contribution >= 4 is 16.7 Å². The molecular weight excluding hydrogens is 454 g/mol. The van der Waals surface area contributed by atoms with Gasteiger partial charge in [-0.3, -0.25) is 0 Å². The zero-order valence-corrected chi connectivity index (χ0v) is 20.7. The molecule has 36 heavy (non-hydrogen) atoms. The third kappa shape index (κ3) is 5.35. The summed E-state index contributed by atoms with van der Waals surface area (Å²) in [4.78, 5) is 16.4. The summed E-state index contributed by atoms with van der Waals surface area (Å²) in [6, 6.07) is 20.0. The van der Waals surface area contributed by atoms with Crippen LogP contribution in [0.15, 0.2) is 65.1 Å². The van der Waals surface area contributed by atoms with Crippen LogP contribution in [-0.4, -0.2) is 28.3 Å². The van der Waals surface area contributed by atoms with Crippen LogP contribution in [0.4, 0.5) is 0 Å². The molecule has 4 aromatic rings. The molecule has 1 N–H and O–H groups in total. The third-order valence-corrected chi connectivity index (χ3v) is 6.97. The van der Waals surface area contributed by atoms with Gasteiger partial charge in [0.05, 0.1) is 31.0 Å². The van der Waals surface area contributed by atoms with E-state index in [1.807, 2.05) is 50.2 Å². The molecule has 1 aliphatic carbocycles. The lowest BCUT2D eigenvalue weighted by Gasteiger charge is -2.29. The molecule has 0 aliphatic heterocycles. The summed E-state index contributed by atoms with van der Waals surface area (Å²) < 4.78 is 18.4. The molecule has 1 heterocycles. The van der Waals surface area contributed by atoms with Crippen molar-refractivity contribution in [2.45, 2.75) is 65.0 Å². The Morgan fingerprint density at radius 2 is 1.72 bits per heavy atom. The van der Waals surface area contributed by atoms with Crippen LogP contribution >= 0.6 is 0 Å². The van der Waals surface area contributed by atoms with Crippen LogP contribution in [0.1, 0.15) is 58.6 Å². The van der Waals surface area contributed by atoms with Gasteiger partial charge in [-0.05, 0) is 73.6 Å². The minimum atomic E-state index is -0.914. The second-order valence-electron chi connectivity index (χ2n) is 9.53. The molecule has 6 heteroatoms. The molecule has 0 bridgehead atoms. The number of carboxylic acid groups (broad SMARTS) is 1. The van der Waals surface area contributed by atoms with Gasteiger partial charge in [0.15, 0.2) is 0 Å². The van der Waals surface area contributed by atoms with Gasteiger partial charge in [0.2, 0.25) is 5.89 Å². The Labute approximate surface area is 210 Å². The Hall–Kier alpha value is -3.48. The molecule has 0 amide bonds. The minimum absolute atomic E-state index is 0.0393. The van der Waals surface area contributed by atoms with Gasteiger partial charge in [0.1, 0.15) is 11.5 Å². The van der Waals surface area contributed by atoms with Crippen molar-refractivity contribution in [2.75, 3.05) is 0 Å². The van der Waals surface area contributed by atoms with E-state index in [1.54, 1.807) is 0 Å². The molecule has 0 radical (unpaired) electrons. The SMILES string of the molecule is Cc1cccc(CO[C@@H]2CCC[C@H](OCc3nc(-c4ccc5ccccc5c4)oc3C)C2)c1C(=O)O. The van der Waals surface area contributed by atoms with Crippen molar-refractivity contribution in [3.8, 4) is 11.5 Å². The molecule has 3 aromatic carbocycles. The fourth-order valence-corrected chi connectivity index (χ4v) is 4.97. The average Bonchev–Trinajstić information content (AvgIpc) is 3.26. The van der Waals surface area contributed by atoms with Crippen LogP contribution in [0.5, 0.6) is 0 Å². The lowest BCUT2D eigenvalue weighted by atomic mass is 9.94. The number of carboxylic acids is 1. The van der Waals surface area contributed by atoms with Gasteiger partial charge in [-0.15, -0.1) is 0 Å². The normalized spacial score (nSPS) is 17.9. The second kappa shape index (κ2) is 10.6. The van der Waals surface area contributed by atoms with Crippen LogP contribution in [0.3, 0.4) is 0 Å². The van der Waals surface area contributed by atoms with E-state index < -0.39 is 5.97 Å². The van der Waals surface area contributed by atoms with Crippen molar-refractivity contribution in [1.82, 2.24) is 4.98 Å². The van der Waals surface area contributed by atoms with E-state index in [4.69, 9.17) is 18.9 Å². The highest BCUT2D eigenvalue weighted by atomic mass is 16.5. The maximum Gasteiger partial charge on any atom is 0.336 e. The van der Waals surface area contributed by atoms with Crippen LogP contribution in [-0.2, 0) is 22.7 Å². The summed E-state index contributed by atoms with van der Waals surface area (Å²) in [7, 11) is 0. The largest absolute Gasteiger partial charge is 0.478 e. The second-order valence-corrected chi connectivity index (χ2v) is 9.53. The van der Waals surface area contributed by atoms with E-state index in [1.165, 1.54) is 5.39 Å². The zero-order valence-electron chi connectivity index (χ0n) is 20.7. The first kappa shape index (κ1) is 24.2. The highest BCUT2D eigenvalue weighted by Gasteiger charge is 2.25. The molecule has 2 atom stereocenters. The Kier molecular flexibility index (Phi) is 7.16. The highest BCUT2D eigenvalue weighted by Crippen LogP contribution is 2.29. The summed E-state index contributed by atoms with van der Waals surface area (Å²) in [6.07, 6.45) is 3.82. The molecule has 0 unspecified atom stereocenters. The van der Waals surface area contributed by atoms with E-state index in [9.17, 15) is 9.90 Å². The van der Waals surface area contributed by atoms with Crippen LogP contribution < -0.4 is 0 Å². The molecule has 0 saturated heterocycles.